The fourth-order valence-corrected chi connectivity index (χ4v) is 13.3. The minimum absolute atomic E-state index is 0.0229. The first-order valence-electron chi connectivity index (χ1n) is 20.0. The first kappa shape index (κ1) is 43.0. The molecule has 2 aliphatic carbocycles. The van der Waals surface area contributed by atoms with Crippen molar-refractivity contribution in [2.24, 2.45) is 11.3 Å². The largest absolute Gasteiger partial charge is 0.472 e. The first-order valence-corrected chi connectivity index (χ1v) is 24.6. The second-order valence-corrected chi connectivity index (χ2v) is 21.5. The van der Waals surface area contributed by atoms with Crippen LogP contribution in [0.2, 0.25) is 0 Å². The number of anilines is 1. The van der Waals surface area contributed by atoms with Gasteiger partial charge in [-0.05, 0) is 67.4 Å². The van der Waals surface area contributed by atoms with E-state index in [-0.39, 0.29) is 28.6 Å². The van der Waals surface area contributed by atoms with Crippen molar-refractivity contribution in [1.29, 1.82) is 0 Å². The zero-order valence-corrected chi connectivity index (χ0v) is 36.8. The number of ether oxygens (including phenoxy) is 3. The number of phosphoric acid groups is 1. The summed E-state index contributed by atoms with van der Waals surface area (Å²) in [5, 5.41) is 12.2. The fourth-order valence-electron chi connectivity index (χ4n) is 8.89. The number of carbonyl (C=O) groups excluding carboxylic acids is 1. The van der Waals surface area contributed by atoms with Gasteiger partial charge in [-0.2, -0.15) is 0 Å². The van der Waals surface area contributed by atoms with E-state index in [1.54, 1.807) is 47.9 Å². The van der Waals surface area contributed by atoms with E-state index in [0.717, 1.165) is 16.9 Å². The predicted octanol–water partition coefficient (Wildman–Crippen LogP) is 4.17. The van der Waals surface area contributed by atoms with Gasteiger partial charge in [0.25, 0.3) is 5.56 Å². The van der Waals surface area contributed by atoms with Crippen LogP contribution in [0.5, 0.6) is 5.75 Å². The lowest BCUT2D eigenvalue weighted by atomic mass is 10.0. The van der Waals surface area contributed by atoms with E-state index in [2.05, 4.69) is 29.9 Å². The third-order valence-electron chi connectivity index (χ3n) is 12.1. The number of benzene rings is 2. The number of esters is 1. The summed E-state index contributed by atoms with van der Waals surface area (Å²) in [4.78, 5) is 60.9. The van der Waals surface area contributed by atoms with E-state index < -0.39 is 93.5 Å². The van der Waals surface area contributed by atoms with Crippen molar-refractivity contribution in [2.75, 3.05) is 26.1 Å². The SMILES string of the molecule is CO[C@H]1[C@H]2OP(=O)(O)OCC34C[C@@H]3[C@@H](n3cnc5c(N)ncnc53)[C@H](O)[C@@H]4OP(=O)(SCc3ccc(OC(=O)c4ccc(C)cc4)cc3)OC[C@H]1O[C@H]2n1cnc2c(=O)[nH]c(C)nc21. The third-order valence-corrected chi connectivity index (χ3v) is 16.7. The Labute approximate surface area is 366 Å². The molecule has 4 aromatic heterocycles. The van der Waals surface area contributed by atoms with Gasteiger partial charge in [-0.15, -0.1) is 0 Å². The molecule has 1 spiro atoms. The average molecular weight is 938 g/mol. The lowest BCUT2D eigenvalue weighted by molar-refractivity contribution is -0.0600. The van der Waals surface area contributed by atoms with Gasteiger partial charge < -0.3 is 39.5 Å². The fraction of sp³-hybridized carbons (Fsp3) is 0.410. The Morgan fingerprint density at radius 1 is 1.00 bits per heavy atom. The number of rotatable bonds is 8. The minimum atomic E-state index is -5.02. The monoisotopic (exact) mass is 937 g/mol. The molecule has 5 N–H and O–H groups in total. The van der Waals surface area contributed by atoms with E-state index in [0.29, 0.717) is 34.5 Å². The molecule has 2 bridgehead atoms. The number of hydrogen-bond acceptors (Lipinski definition) is 19. The Hall–Kier alpha value is -4.90. The van der Waals surface area contributed by atoms with Gasteiger partial charge in [0.15, 0.2) is 28.9 Å². The molecule has 11 atom stereocenters. The molecular weight excluding hydrogens is 896 g/mol. The molecule has 22 nitrogen and oxygen atoms in total. The number of aliphatic hydroxyl groups is 1. The number of nitrogens with one attached hydrogen (secondary N) is 1. The smallest absolute Gasteiger partial charge is 0.423 e. The van der Waals surface area contributed by atoms with Gasteiger partial charge >= 0.3 is 20.6 Å². The van der Waals surface area contributed by atoms with Crippen molar-refractivity contribution in [2.45, 2.75) is 68.8 Å². The highest BCUT2D eigenvalue weighted by Gasteiger charge is 2.74. The zero-order valence-electron chi connectivity index (χ0n) is 34.2. The number of aromatic amines is 1. The van der Waals surface area contributed by atoms with E-state index >= 15 is 4.57 Å². The molecule has 25 heteroatoms. The van der Waals surface area contributed by atoms with Crippen molar-refractivity contribution in [1.82, 2.24) is 39.0 Å². The third kappa shape index (κ3) is 7.67. The molecule has 10 rings (SSSR count). The van der Waals surface area contributed by atoms with Crippen LogP contribution >= 0.6 is 26.0 Å². The van der Waals surface area contributed by atoms with E-state index in [1.165, 1.54) is 30.7 Å². The maximum Gasteiger partial charge on any atom is 0.472 e. The van der Waals surface area contributed by atoms with Crippen molar-refractivity contribution in [3.05, 3.63) is 100 Å². The van der Waals surface area contributed by atoms with Crippen LogP contribution in [0.25, 0.3) is 22.3 Å². The van der Waals surface area contributed by atoms with Crippen molar-refractivity contribution in [3.63, 3.8) is 0 Å². The molecule has 6 aromatic rings. The number of imidazole rings is 2. The molecule has 6 heterocycles. The van der Waals surface area contributed by atoms with Crippen LogP contribution in [0, 0.1) is 25.2 Å². The molecule has 2 saturated carbocycles. The summed E-state index contributed by atoms with van der Waals surface area (Å²) in [7, 11) is -3.68. The van der Waals surface area contributed by atoms with Crippen LogP contribution in [0.4, 0.5) is 5.82 Å². The van der Waals surface area contributed by atoms with Crippen LogP contribution in [0.1, 0.15) is 46.0 Å². The number of methoxy groups -OCH3 is 1. The molecule has 4 aliphatic rings. The summed E-state index contributed by atoms with van der Waals surface area (Å²) in [6, 6.07) is 12.8. The highest BCUT2D eigenvalue weighted by Crippen LogP contribution is 2.74. The highest BCUT2D eigenvalue weighted by molar-refractivity contribution is 8.54. The Balaban J connectivity index is 0.980. The molecule has 3 unspecified atom stereocenters. The molecule has 0 radical (unpaired) electrons. The van der Waals surface area contributed by atoms with Crippen molar-refractivity contribution < 1.29 is 56.2 Å². The van der Waals surface area contributed by atoms with Crippen molar-refractivity contribution >= 4 is 60.1 Å². The topological polar surface area (TPSA) is 289 Å². The molecule has 2 saturated heterocycles. The maximum atomic E-state index is 15.3. The number of nitrogen functional groups attached to an aromatic ring is 1. The summed E-state index contributed by atoms with van der Waals surface area (Å²) in [6.07, 6.45) is -3.31. The Bertz CT molecular complexity index is 2940. The predicted molar refractivity (Wildman–Crippen MR) is 226 cm³/mol. The van der Waals surface area contributed by atoms with E-state index in [4.69, 9.17) is 38.0 Å². The Morgan fingerprint density at radius 3 is 2.52 bits per heavy atom. The number of phosphoric ester groups is 1. The van der Waals surface area contributed by atoms with Gasteiger partial charge in [0.2, 0.25) is 0 Å². The van der Waals surface area contributed by atoms with Gasteiger partial charge in [-0.25, -0.2) is 38.8 Å². The molecule has 2 aliphatic heterocycles. The van der Waals surface area contributed by atoms with Crippen LogP contribution in [-0.2, 0) is 42.5 Å². The maximum absolute atomic E-state index is 15.3. The number of nitrogens with zero attached hydrogens (tertiary/aromatic N) is 7. The standard InChI is InChI=1S/C39H41N9O13P2S/c1-19-4-8-22(9-5-19)38(51)58-23-10-6-21(7-11-23)14-64-63(54)56-13-25-30(55-3)31(37(59-25)48-18-44-27-35(48)45-20(2)46-36(27)50)60-62(52,53)57-15-39-12-24(39)28(29(49)32(39)61-63)47-17-43-26-33(40)41-16-42-34(26)47/h4-11,16-18,24-25,28-32,37,49H,12-15H2,1-3H3,(H,52,53)(H2,40,41,42)(H,45,46,50)/t24-,25-,28-,29+,30-,31-,32+,37-,39?,63?/m1/s1. The second kappa shape index (κ2) is 16.2. The average Bonchev–Trinajstić information content (AvgIpc) is 3.55. The molecule has 2 aromatic carbocycles. The van der Waals surface area contributed by atoms with Crippen LogP contribution in [0.15, 0.2) is 72.3 Å². The van der Waals surface area contributed by atoms with E-state index in [1.807, 2.05) is 19.1 Å². The van der Waals surface area contributed by atoms with Gasteiger partial charge in [0, 0.05) is 18.3 Å². The number of carbonyl (C=O) groups is 1. The molecule has 64 heavy (non-hydrogen) atoms. The zero-order chi connectivity index (χ0) is 44.7. The van der Waals surface area contributed by atoms with E-state index in [9.17, 15) is 24.2 Å². The lowest BCUT2D eigenvalue weighted by Gasteiger charge is -2.32. The van der Waals surface area contributed by atoms with Gasteiger partial charge in [0.1, 0.15) is 53.9 Å². The molecule has 336 valence electrons. The summed E-state index contributed by atoms with van der Waals surface area (Å²) in [5.41, 5.74) is 7.14. The summed E-state index contributed by atoms with van der Waals surface area (Å²) in [6.45, 7) is -1.83. The number of nitrogens with two attached hydrogens (primary N) is 1. The highest BCUT2D eigenvalue weighted by atomic mass is 32.7. The lowest BCUT2D eigenvalue weighted by Crippen LogP contribution is -2.38. The summed E-state index contributed by atoms with van der Waals surface area (Å²) in [5.74, 6) is -0.250. The number of hydrogen-bond donors (Lipinski definition) is 4. The van der Waals surface area contributed by atoms with Gasteiger partial charge in [-0.1, -0.05) is 29.8 Å². The number of aromatic nitrogens is 8. The van der Waals surface area contributed by atoms with Crippen molar-refractivity contribution in [3.8, 4) is 5.75 Å². The quantitative estimate of drug-likeness (QED) is 0.0946. The number of aliphatic hydroxyl groups excluding tert-OH is 1. The molecule has 4 fully saturated rings. The number of aryl methyl sites for hydroxylation is 2. The second-order valence-electron chi connectivity index (χ2n) is 16.1. The minimum Gasteiger partial charge on any atom is -0.423 e. The first-order chi connectivity index (χ1) is 30.7. The Morgan fingerprint density at radius 2 is 1.75 bits per heavy atom. The number of H-pyrrole nitrogens is 1. The molecule has 0 amide bonds. The van der Waals surface area contributed by atoms with Crippen LogP contribution in [-0.4, -0.2) is 106 Å². The van der Waals surface area contributed by atoms with Gasteiger partial charge in [-0.3, -0.25) is 27.5 Å². The number of fused-ring (bicyclic) bond motifs is 4. The summed E-state index contributed by atoms with van der Waals surface area (Å²) >= 11 is 0.836. The normalized spacial score (nSPS) is 32.6. The van der Waals surface area contributed by atoms with Crippen LogP contribution < -0.4 is 16.0 Å². The Kier molecular flexibility index (Phi) is 10.9. The molecular formula is C39H41N9O13P2S. The van der Waals surface area contributed by atoms with Crippen LogP contribution in [0.3, 0.4) is 0 Å². The summed E-state index contributed by atoms with van der Waals surface area (Å²) < 4.78 is 74.6. The van der Waals surface area contributed by atoms with Gasteiger partial charge in [0.05, 0.1) is 37.5 Å².